The molecule has 2 unspecified atom stereocenters. The molecule has 0 saturated heterocycles. The van der Waals surface area contributed by atoms with E-state index in [1.807, 2.05) is 6.08 Å². The van der Waals surface area contributed by atoms with Gasteiger partial charge in [-0.3, -0.25) is 0 Å². The summed E-state index contributed by atoms with van der Waals surface area (Å²) in [6, 6.07) is 0. The number of allylic oxidation sites excluding steroid dienone is 5. The Kier molecular flexibility index (Phi) is 12.8. The molecule has 3 aliphatic rings. The zero-order valence-electron chi connectivity index (χ0n) is 29.5. The van der Waals surface area contributed by atoms with E-state index in [1.54, 1.807) is 5.57 Å². The molecule has 240 valence electrons. The van der Waals surface area contributed by atoms with Gasteiger partial charge in [0.15, 0.2) is 16.6 Å². The molecule has 5 heteroatoms. The van der Waals surface area contributed by atoms with Gasteiger partial charge >= 0.3 is 0 Å². The van der Waals surface area contributed by atoms with Gasteiger partial charge in [-0.15, -0.1) is 0 Å². The quantitative estimate of drug-likeness (QED) is 0.180. The van der Waals surface area contributed by atoms with E-state index in [-0.39, 0.29) is 43.3 Å². The second-order valence-electron chi connectivity index (χ2n) is 17.0. The van der Waals surface area contributed by atoms with Crippen molar-refractivity contribution in [3.8, 4) is 0 Å². The SMILES string of the molecule is C=C1/C(=C/C=C2\CCC[C@@]3(C)C2CCC3[C@@H](C)CC=C[CH2-])C[C@@H](O[Si](C)(C)C(C)(C)C)C[C@@H]1O[Si](C)(C)C(C)(C)C.[W]. The molecule has 0 radical (unpaired) electrons. The molecule has 0 aliphatic heterocycles. The molecule has 0 aromatic carbocycles. The van der Waals surface area contributed by atoms with Crippen LogP contribution in [0.5, 0.6) is 0 Å². The van der Waals surface area contributed by atoms with Gasteiger partial charge in [0, 0.05) is 27.5 Å². The topological polar surface area (TPSA) is 18.5 Å². The molecular formula is C37H65O2Si2W-. The molecule has 0 aromatic rings. The molecule has 2 nitrogen and oxygen atoms in total. The zero-order chi connectivity index (χ0) is 31.0. The van der Waals surface area contributed by atoms with Crippen molar-refractivity contribution in [3.63, 3.8) is 0 Å². The Balaban J connectivity index is 0.00000616. The second kappa shape index (κ2) is 14.1. The van der Waals surface area contributed by atoms with Crippen molar-refractivity contribution in [1.29, 1.82) is 0 Å². The van der Waals surface area contributed by atoms with Crippen LogP contribution in [0.1, 0.15) is 107 Å². The number of hydrogen-bond acceptors (Lipinski definition) is 2. The summed E-state index contributed by atoms with van der Waals surface area (Å²) in [5, 5.41) is 0.355. The molecule has 0 bridgehead atoms. The molecule has 3 saturated carbocycles. The Bertz CT molecular complexity index is 1030. The monoisotopic (exact) mass is 781 g/mol. The van der Waals surface area contributed by atoms with Gasteiger partial charge in [0.05, 0.1) is 12.2 Å². The second-order valence-corrected chi connectivity index (χ2v) is 26.6. The van der Waals surface area contributed by atoms with Gasteiger partial charge < -0.3 is 8.85 Å². The maximum atomic E-state index is 7.07. The van der Waals surface area contributed by atoms with Crippen molar-refractivity contribution in [2.24, 2.45) is 23.2 Å². The first kappa shape index (κ1) is 38.1. The minimum atomic E-state index is -1.96. The van der Waals surface area contributed by atoms with Crippen LogP contribution in [0.2, 0.25) is 36.3 Å². The summed E-state index contributed by atoms with van der Waals surface area (Å²) in [6.45, 7) is 37.2. The van der Waals surface area contributed by atoms with Gasteiger partial charge in [-0.05, 0) is 103 Å². The Morgan fingerprint density at radius 3 is 2.17 bits per heavy atom. The van der Waals surface area contributed by atoms with E-state index in [1.165, 1.54) is 43.3 Å². The zero-order valence-corrected chi connectivity index (χ0v) is 34.4. The Hall–Kier alpha value is -0.128. The molecule has 0 aromatic heterocycles. The first-order valence-corrected chi connectivity index (χ1v) is 22.4. The summed E-state index contributed by atoms with van der Waals surface area (Å²) in [5.41, 5.74) is 4.64. The van der Waals surface area contributed by atoms with Crippen LogP contribution in [-0.2, 0) is 29.9 Å². The van der Waals surface area contributed by atoms with Gasteiger partial charge in [0.2, 0.25) is 0 Å². The van der Waals surface area contributed by atoms with Crippen molar-refractivity contribution in [3.05, 3.63) is 54.5 Å². The standard InChI is InChI=1S/C37H65O2Si2.W/c1-15-16-18-27(2)32-22-23-33-29(19-17-24-37(32,33)10)20-21-30-25-31(38-40(11,12)35(4,5)6)26-34(28(30)3)39-41(13,14)36(7,8)9;/h15-16,20-21,27,31-34H,1,3,17-19,22-26H2,2,4-14H3;/q-1;/b16-15?,29-20+,30-21+;/t27-,31+,32?,33?,34-,37+;/m0./s1. The van der Waals surface area contributed by atoms with E-state index in [2.05, 4.69) is 113 Å². The van der Waals surface area contributed by atoms with Crippen LogP contribution in [0.4, 0.5) is 0 Å². The summed E-state index contributed by atoms with van der Waals surface area (Å²) in [4.78, 5) is 0. The van der Waals surface area contributed by atoms with Crippen LogP contribution in [0.15, 0.2) is 47.6 Å². The fraction of sp³-hybridized carbons (Fsp3) is 0.757. The van der Waals surface area contributed by atoms with Gasteiger partial charge in [-0.2, -0.15) is 0 Å². The maximum absolute atomic E-state index is 7.07. The fourth-order valence-electron chi connectivity index (χ4n) is 7.45. The minimum absolute atomic E-state index is 0. The van der Waals surface area contributed by atoms with Crippen LogP contribution >= 0.6 is 0 Å². The third-order valence-electron chi connectivity index (χ3n) is 12.1. The molecule has 0 heterocycles. The smallest absolute Gasteiger partial charge is 0.192 e. The predicted molar refractivity (Wildman–Crippen MR) is 185 cm³/mol. The van der Waals surface area contributed by atoms with Gasteiger partial charge in [0.1, 0.15) is 0 Å². The Morgan fingerprint density at radius 2 is 1.60 bits per heavy atom. The maximum Gasteiger partial charge on any atom is 0.192 e. The van der Waals surface area contributed by atoms with Crippen LogP contribution in [0.25, 0.3) is 0 Å². The van der Waals surface area contributed by atoms with Crippen LogP contribution in [-0.4, -0.2) is 28.8 Å². The molecule has 3 fully saturated rings. The average Bonchev–Trinajstić information content (AvgIpc) is 3.19. The molecule has 6 atom stereocenters. The van der Waals surface area contributed by atoms with Crippen molar-refractivity contribution >= 4 is 16.6 Å². The average molecular weight is 782 g/mol. The van der Waals surface area contributed by atoms with Crippen molar-refractivity contribution in [1.82, 2.24) is 0 Å². The van der Waals surface area contributed by atoms with Crippen LogP contribution in [0, 0.1) is 30.1 Å². The van der Waals surface area contributed by atoms with E-state index in [9.17, 15) is 0 Å². The number of rotatable bonds is 8. The molecule has 3 aliphatic carbocycles. The summed E-state index contributed by atoms with van der Waals surface area (Å²) in [7, 11) is -3.86. The van der Waals surface area contributed by atoms with Crippen molar-refractivity contribution in [2.75, 3.05) is 0 Å². The van der Waals surface area contributed by atoms with Crippen molar-refractivity contribution < 1.29 is 29.9 Å². The Morgan fingerprint density at radius 1 is 1.00 bits per heavy atom. The molecule has 3 rings (SSSR count). The van der Waals surface area contributed by atoms with E-state index in [0.717, 1.165) is 31.1 Å². The summed E-state index contributed by atoms with van der Waals surface area (Å²) in [5.74, 6) is 2.23. The normalized spacial score (nSPS) is 32.3. The van der Waals surface area contributed by atoms with Gasteiger partial charge in [-0.1, -0.05) is 92.0 Å². The predicted octanol–water partition coefficient (Wildman–Crippen LogP) is 11.6. The third kappa shape index (κ3) is 8.36. The van der Waals surface area contributed by atoms with Crippen LogP contribution < -0.4 is 0 Å². The minimum Gasteiger partial charge on any atom is -0.413 e. The molecular weight excluding hydrogens is 716 g/mol. The van der Waals surface area contributed by atoms with E-state index >= 15 is 0 Å². The molecule has 42 heavy (non-hydrogen) atoms. The Labute approximate surface area is 278 Å². The summed E-state index contributed by atoms with van der Waals surface area (Å²) in [6.07, 6.45) is 19.1. The van der Waals surface area contributed by atoms with Crippen molar-refractivity contribution in [2.45, 2.75) is 155 Å². The largest absolute Gasteiger partial charge is 0.413 e. The fourth-order valence-corrected chi connectivity index (χ4v) is 10.1. The van der Waals surface area contributed by atoms with E-state index < -0.39 is 16.6 Å². The molecule has 0 N–H and O–H groups in total. The summed E-state index contributed by atoms with van der Waals surface area (Å²) >= 11 is 0. The molecule has 0 amide bonds. The van der Waals surface area contributed by atoms with E-state index in [0.29, 0.717) is 11.3 Å². The number of fused-ring (bicyclic) bond motifs is 1. The first-order chi connectivity index (χ1) is 18.7. The first-order valence-electron chi connectivity index (χ1n) is 16.6. The van der Waals surface area contributed by atoms with Gasteiger partial charge in [-0.25, -0.2) is 19.1 Å². The van der Waals surface area contributed by atoms with Crippen LogP contribution in [0.3, 0.4) is 0 Å². The molecule has 0 spiro atoms. The van der Waals surface area contributed by atoms with E-state index in [4.69, 9.17) is 8.85 Å². The van der Waals surface area contributed by atoms with Gasteiger partial charge in [0.25, 0.3) is 0 Å². The number of hydrogen-bond donors (Lipinski definition) is 0. The summed E-state index contributed by atoms with van der Waals surface area (Å²) < 4.78 is 14.1. The third-order valence-corrected chi connectivity index (χ3v) is 21.2.